The van der Waals surface area contributed by atoms with Gasteiger partial charge in [-0.15, -0.1) is 0 Å². The lowest BCUT2D eigenvalue weighted by atomic mass is 10.1. The third-order valence-corrected chi connectivity index (χ3v) is 4.31. The summed E-state index contributed by atoms with van der Waals surface area (Å²) in [6.07, 6.45) is 1.06. The predicted octanol–water partition coefficient (Wildman–Crippen LogP) is 2.90. The average Bonchev–Trinajstić information content (AvgIpc) is 2.59. The molecule has 0 saturated carbocycles. The van der Waals surface area contributed by atoms with E-state index in [1.807, 2.05) is 25.1 Å². The molecule has 5 heteroatoms. The minimum absolute atomic E-state index is 0.0264. The van der Waals surface area contributed by atoms with E-state index < -0.39 is 0 Å². The van der Waals surface area contributed by atoms with Crippen LogP contribution in [0.3, 0.4) is 0 Å². The Labute approximate surface area is 156 Å². The molecule has 0 fully saturated rings. The van der Waals surface area contributed by atoms with E-state index in [2.05, 4.69) is 58.2 Å². The summed E-state index contributed by atoms with van der Waals surface area (Å²) in [5, 5.41) is 11.0. The molecule has 0 bridgehead atoms. The first-order chi connectivity index (χ1) is 11.7. The number of nitriles is 1. The molecule has 2 aromatic rings. The summed E-state index contributed by atoms with van der Waals surface area (Å²) in [6, 6.07) is 16.6. The van der Waals surface area contributed by atoms with Crippen LogP contribution in [0.15, 0.2) is 42.5 Å². The van der Waals surface area contributed by atoms with E-state index in [0.29, 0.717) is 18.1 Å². The Hall–Kier alpha value is -1.78. The van der Waals surface area contributed by atoms with Crippen molar-refractivity contribution in [1.82, 2.24) is 0 Å². The minimum Gasteiger partial charge on any atom is -0.490 e. The molecule has 0 aromatic heterocycles. The highest BCUT2D eigenvalue weighted by Gasteiger charge is 2.13. The van der Waals surface area contributed by atoms with Crippen molar-refractivity contribution in [3.05, 3.63) is 57.2 Å². The second-order valence-electron chi connectivity index (χ2n) is 5.30. The van der Waals surface area contributed by atoms with Gasteiger partial charge in [0.25, 0.3) is 0 Å². The molecule has 126 valence electrons. The van der Waals surface area contributed by atoms with Crippen LogP contribution in [0.1, 0.15) is 18.1 Å². The lowest BCUT2D eigenvalue weighted by Gasteiger charge is -2.13. The van der Waals surface area contributed by atoms with Crippen LogP contribution in [0.25, 0.3) is 0 Å². The number of hydrogen-bond donors (Lipinski definition) is 1. The molecular weight excluding hydrogens is 415 g/mol. The summed E-state index contributed by atoms with van der Waals surface area (Å²) in [5.74, 6) is 1.37. The highest BCUT2D eigenvalue weighted by Crippen LogP contribution is 2.34. The zero-order valence-corrected chi connectivity index (χ0v) is 16.0. The number of halogens is 1. The van der Waals surface area contributed by atoms with E-state index in [1.54, 1.807) is 0 Å². The van der Waals surface area contributed by atoms with E-state index >= 15 is 0 Å². The van der Waals surface area contributed by atoms with Crippen LogP contribution in [0.4, 0.5) is 0 Å². The first kappa shape index (κ1) is 18.6. The number of quaternary nitrogens is 1. The largest absolute Gasteiger partial charge is 0.490 e. The van der Waals surface area contributed by atoms with Gasteiger partial charge in [-0.2, -0.15) is 5.26 Å². The molecule has 0 heterocycles. The summed E-state index contributed by atoms with van der Waals surface area (Å²) in [7, 11) is 0. The molecule has 0 radical (unpaired) electrons. The van der Waals surface area contributed by atoms with Crippen LogP contribution in [0, 0.1) is 14.9 Å². The molecule has 0 aliphatic heterocycles. The van der Waals surface area contributed by atoms with Crippen molar-refractivity contribution in [3.8, 4) is 17.6 Å². The van der Waals surface area contributed by atoms with Gasteiger partial charge in [-0.05, 0) is 47.2 Å². The molecule has 2 N–H and O–H groups in total. The zero-order chi connectivity index (χ0) is 17.2. The fourth-order valence-corrected chi connectivity index (χ4v) is 3.25. The Bertz CT molecular complexity index is 684. The molecule has 4 nitrogen and oxygen atoms in total. The van der Waals surface area contributed by atoms with Crippen molar-refractivity contribution in [2.45, 2.75) is 19.9 Å². The van der Waals surface area contributed by atoms with Gasteiger partial charge in [-0.1, -0.05) is 30.3 Å². The topological polar surface area (TPSA) is 58.9 Å². The normalized spacial score (nSPS) is 10.2. The summed E-state index contributed by atoms with van der Waals surface area (Å²) in [6.45, 7) is 4.47. The molecule has 0 aliphatic carbocycles. The first-order valence-corrected chi connectivity index (χ1v) is 9.13. The molecule has 24 heavy (non-hydrogen) atoms. The Morgan fingerprint density at radius 2 is 1.92 bits per heavy atom. The average molecular weight is 437 g/mol. The molecule has 0 saturated heterocycles. The fraction of sp³-hybridized carbons (Fsp3) is 0.316. The summed E-state index contributed by atoms with van der Waals surface area (Å²) in [5.41, 5.74) is 2.55. The number of nitrogens with two attached hydrogens (primary N) is 1. The lowest BCUT2D eigenvalue weighted by Crippen LogP contribution is -2.83. The third kappa shape index (κ3) is 5.69. The third-order valence-electron chi connectivity index (χ3n) is 3.51. The van der Waals surface area contributed by atoms with E-state index in [1.165, 1.54) is 11.1 Å². The summed E-state index contributed by atoms with van der Waals surface area (Å²) >= 11 is 2.23. The zero-order valence-electron chi connectivity index (χ0n) is 13.8. The standard InChI is InChI=1S/C19H21IN2O2/c1-2-23-18-13-16(12-17(20)19(18)24-11-9-21)14-22-10-8-15-6-4-3-5-7-15/h3-7,12-13,22H,2,8,10-11,14H2,1H3/p+1. The summed E-state index contributed by atoms with van der Waals surface area (Å²) < 4.78 is 12.2. The maximum atomic E-state index is 8.71. The van der Waals surface area contributed by atoms with Gasteiger partial charge >= 0.3 is 0 Å². The second-order valence-corrected chi connectivity index (χ2v) is 6.46. The lowest BCUT2D eigenvalue weighted by molar-refractivity contribution is -0.670. The second kappa shape index (κ2) is 10.2. The fourth-order valence-electron chi connectivity index (χ4n) is 2.43. The minimum atomic E-state index is 0.0264. The molecule has 0 atom stereocenters. The predicted molar refractivity (Wildman–Crippen MR) is 102 cm³/mol. The maximum Gasteiger partial charge on any atom is 0.176 e. The van der Waals surface area contributed by atoms with Gasteiger partial charge in [0.15, 0.2) is 18.1 Å². The molecule has 0 spiro atoms. The van der Waals surface area contributed by atoms with Gasteiger partial charge in [0, 0.05) is 12.0 Å². The quantitative estimate of drug-likeness (QED) is 0.485. The van der Waals surface area contributed by atoms with Gasteiger partial charge in [0.05, 0.1) is 16.7 Å². The molecule has 0 unspecified atom stereocenters. The number of rotatable bonds is 9. The molecule has 0 amide bonds. The Balaban J connectivity index is 1.96. The Kier molecular flexibility index (Phi) is 7.86. The van der Waals surface area contributed by atoms with Crippen LogP contribution in [0.2, 0.25) is 0 Å². The highest BCUT2D eigenvalue weighted by molar-refractivity contribution is 14.1. The van der Waals surface area contributed by atoms with E-state index in [9.17, 15) is 0 Å². The van der Waals surface area contributed by atoms with E-state index in [0.717, 1.165) is 23.1 Å². The van der Waals surface area contributed by atoms with Gasteiger partial charge in [-0.25, -0.2) is 0 Å². The van der Waals surface area contributed by atoms with Crippen LogP contribution >= 0.6 is 22.6 Å². The monoisotopic (exact) mass is 437 g/mol. The number of ether oxygens (including phenoxy) is 2. The van der Waals surface area contributed by atoms with Gasteiger partial charge in [0.2, 0.25) is 0 Å². The Morgan fingerprint density at radius 1 is 1.12 bits per heavy atom. The molecular formula is C19H22IN2O2+. The van der Waals surface area contributed by atoms with Crippen LogP contribution < -0.4 is 14.8 Å². The van der Waals surface area contributed by atoms with Gasteiger partial charge in [0.1, 0.15) is 12.6 Å². The van der Waals surface area contributed by atoms with Crippen LogP contribution in [0.5, 0.6) is 11.5 Å². The van der Waals surface area contributed by atoms with Crippen molar-refractivity contribution < 1.29 is 14.8 Å². The van der Waals surface area contributed by atoms with Crippen molar-refractivity contribution in [1.29, 1.82) is 5.26 Å². The molecule has 2 rings (SSSR count). The van der Waals surface area contributed by atoms with E-state index in [-0.39, 0.29) is 6.61 Å². The van der Waals surface area contributed by atoms with Gasteiger partial charge < -0.3 is 14.8 Å². The van der Waals surface area contributed by atoms with Gasteiger partial charge in [-0.3, -0.25) is 0 Å². The number of hydrogen-bond acceptors (Lipinski definition) is 3. The van der Waals surface area contributed by atoms with Crippen molar-refractivity contribution >= 4 is 22.6 Å². The first-order valence-electron chi connectivity index (χ1n) is 8.05. The molecule has 2 aromatic carbocycles. The van der Waals surface area contributed by atoms with Crippen molar-refractivity contribution in [3.63, 3.8) is 0 Å². The van der Waals surface area contributed by atoms with Crippen LogP contribution in [-0.2, 0) is 13.0 Å². The maximum absolute atomic E-state index is 8.71. The molecule has 0 aliphatic rings. The van der Waals surface area contributed by atoms with Crippen molar-refractivity contribution in [2.24, 2.45) is 0 Å². The summed E-state index contributed by atoms with van der Waals surface area (Å²) in [4.78, 5) is 0. The Morgan fingerprint density at radius 3 is 2.62 bits per heavy atom. The highest BCUT2D eigenvalue weighted by atomic mass is 127. The number of benzene rings is 2. The SMILES string of the molecule is CCOc1cc(C[NH2+]CCc2ccccc2)cc(I)c1OCC#N. The smallest absolute Gasteiger partial charge is 0.176 e. The van der Waals surface area contributed by atoms with Crippen LogP contribution in [-0.4, -0.2) is 19.8 Å². The van der Waals surface area contributed by atoms with Crippen molar-refractivity contribution in [2.75, 3.05) is 19.8 Å². The van der Waals surface area contributed by atoms with E-state index in [4.69, 9.17) is 14.7 Å². The number of nitrogens with zero attached hydrogens (tertiary/aromatic N) is 1.